The van der Waals surface area contributed by atoms with Crippen LogP contribution in [0.2, 0.25) is 5.02 Å². The van der Waals surface area contributed by atoms with Crippen LogP contribution < -0.4 is 5.32 Å². The van der Waals surface area contributed by atoms with Crippen LogP contribution in [-0.2, 0) is 9.47 Å². The van der Waals surface area contributed by atoms with Crippen LogP contribution in [0.5, 0.6) is 0 Å². The van der Waals surface area contributed by atoms with E-state index < -0.39 is 5.97 Å². The Bertz CT molecular complexity index is 718. The van der Waals surface area contributed by atoms with Gasteiger partial charge < -0.3 is 14.8 Å². The van der Waals surface area contributed by atoms with E-state index in [-0.39, 0.29) is 12.5 Å². The fraction of sp³-hybridized carbons (Fsp3) is 0.222. The molecule has 2 rings (SSSR count). The summed E-state index contributed by atoms with van der Waals surface area (Å²) in [6, 6.07) is 13.3. The number of benzene rings is 2. The zero-order valence-electron chi connectivity index (χ0n) is 13.3. The second-order valence-electron chi connectivity index (χ2n) is 4.85. The highest BCUT2D eigenvalue weighted by Gasteiger charge is 2.12. The molecule has 0 aliphatic heterocycles. The summed E-state index contributed by atoms with van der Waals surface area (Å²) in [6.07, 6.45) is 0. The van der Waals surface area contributed by atoms with Gasteiger partial charge in [0.2, 0.25) is 0 Å². The summed E-state index contributed by atoms with van der Waals surface area (Å²) in [4.78, 5) is 24.2. The Morgan fingerprint density at radius 3 is 2.62 bits per heavy atom. The SMILES string of the molecule is CCOCCOC(=O)c1cccc(NC(=O)c2ccccc2Cl)c1. The van der Waals surface area contributed by atoms with Crippen LogP contribution in [0.1, 0.15) is 27.6 Å². The average Bonchev–Trinajstić information content (AvgIpc) is 2.59. The summed E-state index contributed by atoms with van der Waals surface area (Å²) in [5.41, 5.74) is 1.20. The number of carbonyl (C=O) groups excluding carboxylic acids is 2. The van der Waals surface area contributed by atoms with Gasteiger partial charge >= 0.3 is 5.97 Å². The number of ether oxygens (including phenoxy) is 2. The van der Waals surface area contributed by atoms with E-state index in [2.05, 4.69) is 5.32 Å². The zero-order valence-corrected chi connectivity index (χ0v) is 14.0. The smallest absolute Gasteiger partial charge is 0.338 e. The Labute approximate surface area is 145 Å². The Morgan fingerprint density at radius 1 is 1.08 bits per heavy atom. The van der Waals surface area contributed by atoms with Crippen LogP contribution in [0.4, 0.5) is 5.69 Å². The van der Waals surface area contributed by atoms with E-state index in [1.807, 2.05) is 6.92 Å². The molecule has 0 spiro atoms. The largest absolute Gasteiger partial charge is 0.460 e. The summed E-state index contributed by atoms with van der Waals surface area (Å²) in [5.74, 6) is -0.814. The molecule has 2 aromatic rings. The molecule has 0 aliphatic carbocycles. The summed E-state index contributed by atoms with van der Waals surface area (Å²) in [5, 5.41) is 3.08. The van der Waals surface area contributed by atoms with Gasteiger partial charge in [-0.05, 0) is 37.3 Å². The van der Waals surface area contributed by atoms with E-state index in [0.29, 0.717) is 35.1 Å². The molecule has 24 heavy (non-hydrogen) atoms. The predicted molar refractivity (Wildman–Crippen MR) is 92.6 cm³/mol. The Hall–Kier alpha value is -2.37. The van der Waals surface area contributed by atoms with E-state index in [9.17, 15) is 9.59 Å². The van der Waals surface area contributed by atoms with Crippen molar-refractivity contribution in [3.8, 4) is 0 Å². The highest BCUT2D eigenvalue weighted by atomic mass is 35.5. The number of hydrogen-bond donors (Lipinski definition) is 1. The molecular formula is C18H18ClNO4. The molecule has 126 valence electrons. The number of anilines is 1. The minimum Gasteiger partial charge on any atom is -0.460 e. The van der Waals surface area contributed by atoms with Crippen LogP contribution in [0.15, 0.2) is 48.5 Å². The Balaban J connectivity index is 2.01. The molecule has 0 radical (unpaired) electrons. The molecule has 0 atom stereocenters. The van der Waals surface area contributed by atoms with Gasteiger partial charge in [0, 0.05) is 12.3 Å². The summed E-state index contributed by atoms with van der Waals surface area (Å²) in [6.45, 7) is 2.97. The van der Waals surface area contributed by atoms with Gasteiger partial charge in [-0.3, -0.25) is 4.79 Å². The van der Waals surface area contributed by atoms with E-state index in [1.165, 1.54) is 0 Å². The predicted octanol–water partition coefficient (Wildman–Crippen LogP) is 3.79. The van der Waals surface area contributed by atoms with Crippen molar-refractivity contribution in [2.45, 2.75) is 6.92 Å². The van der Waals surface area contributed by atoms with Gasteiger partial charge in [-0.1, -0.05) is 29.8 Å². The van der Waals surface area contributed by atoms with Crippen LogP contribution in [0, 0.1) is 0 Å². The monoisotopic (exact) mass is 347 g/mol. The third kappa shape index (κ3) is 5.08. The molecule has 6 heteroatoms. The zero-order chi connectivity index (χ0) is 17.4. The number of hydrogen-bond acceptors (Lipinski definition) is 4. The van der Waals surface area contributed by atoms with E-state index in [4.69, 9.17) is 21.1 Å². The van der Waals surface area contributed by atoms with Crippen LogP contribution in [-0.4, -0.2) is 31.7 Å². The minimum absolute atomic E-state index is 0.183. The van der Waals surface area contributed by atoms with Gasteiger partial charge in [0.1, 0.15) is 6.61 Å². The molecule has 0 saturated carbocycles. The van der Waals surface area contributed by atoms with Crippen molar-refractivity contribution in [3.05, 3.63) is 64.7 Å². The van der Waals surface area contributed by atoms with Gasteiger partial charge in [-0.25, -0.2) is 4.79 Å². The average molecular weight is 348 g/mol. The van der Waals surface area contributed by atoms with Gasteiger partial charge in [-0.15, -0.1) is 0 Å². The van der Waals surface area contributed by atoms with Crippen LogP contribution in [0.25, 0.3) is 0 Å². The van der Waals surface area contributed by atoms with Gasteiger partial charge in [0.15, 0.2) is 0 Å². The lowest BCUT2D eigenvalue weighted by molar-refractivity contribution is 0.0335. The van der Waals surface area contributed by atoms with Crippen molar-refractivity contribution < 1.29 is 19.1 Å². The first-order valence-corrected chi connectivity index (χ1v) is 7.90. The fourth-order valence-corrected chi connectivity index (χ4v) is 2.21. The maximum Gasteiger partial charge on any atom is 0.338 e. The molecular weight excluding hydrogens is 330 g/mol. The normalized spacial score (nSPS) is 10.2. The second kappa shape index (κ2) is 9.05. The maximum absolute atomic E-state index is 12.2. The number of nitrogens with one attached hydrogen (secondary N) is 1. The number of halogens is 1. The maximum atomic E-state index is 12.2. The van der Waals surface area contributed by atoms with Crippen molar-refractivity contribution in [2.75, 3.05) is 25.1 Å². The molecule has 0 bridgehead atoms. The first kappa shape index (κ1) is 18.0. The Morgan fingerprint density at radius 2 is 1.88 bits per heavy atom. The first-order valence-electron chi connectivity index (χ1n) is 7.52. The van der Waals surface area contributed by atoms with Crippen LogP contribution in [0.3, 0.4) is 0 Å². The van der Waals surface area contributed by atoms with Crippen molar-refractivity contribution in [1.29, 1.82) is 0 Å². The molecule has 0 aromatic heterocycles. The van der Waals surface area contributed by atoms with Crippen molar-refractivity contribution in [3.63, 3.8) is 0 Å². The van der Waals surface area contributed by atoms with Gasteiger partial charge in [0.25, 0.3) is 5.91 Å². The second-order valence-corrected chi connectivity index (χ2v) is 5.25. The minimum atomic E-state index is -0.469. The number of esters is 1. The molecule has 0 fully saturated rings. The summed E-state index contributed by atoms with van der Waals surface area (Å²) >= 11 is 6.00. The van der Waals surface area contributed by atoms with Gasteiger partial charge in [-0.2, -0.15) is 0 Å². The Kier molecular flexibility index (Phi) is 6.78. The molecule has 0 unspecified atom stereocenters. The van der Waals surface area contributed by atoms with E-state index in [1.54, 1.807) is 48.5 Å². The van der Waals surface area contributed by atoms with Gasteiger partial charge in [0.05, 0.1) is 22.8 Å². The number of amides is 1. The molecule has 0 saturated heterocycles. The van der Waals surface area contributed by atoms with Crippen molar-refractivity contribution in [2.24, 2.45) is 0 Å². The highest BCUT2D eigenvalue weighted by molar-refractivity contribution is 6.34. The summed E-state index contributed by atoms with van der Waals surface area (Å²) < 4.78 is 10.2. The molecule has 0 heterocycles. The lowest BCUT2D eigenvalue weighted by Gasteiger charge is -2.09. The van der Waals surface area contributed by atoms with Crippen molar-refractivity contribution >= 4 is 29.2 Å². The van der Waals surface area contributed by atoms with E-state index >= 15 is 0 Å². The molecule has 5 nitrogen and oxygen atoms in total. The topological polar surface area (TPSA) is 64.6 Å². The lowest BCUT2D eigenvalue weighted by Crippen LogP contribution is -2.14. The molecule has 1 N–H and O–H groups in total. The van der Waals surface area contributed by atoms with E-state index in [0.717, 1.165) is 0 Å². The summed E-state index contributed by atoms with van der Waals surface area (Å²) in [7, 11) is 0. The standard InChI is InChI=1S/C18H18ClNO4/c1-2-23-10-11-24-18(22)13-6-5-7-14(12-13)20-17(21)15-8-3-4-9-16(15)19/h3-9,12H,2,10-11H2,1H3,(H,20,21). The quantitative estimate of drug-likeness (QED) is 0.611. The highest BCUT2D eigenvalue weighted by Crippen LogP contribution is 2.18. The van der Waals surface area contributed by atoms with Crippen molar-refractivity contribution in [1.82, 2.24) is 0 Å². The third-order valence-electron chi connectivity index (χ3n) is 3.14. The fourth-order valence-electron chi connectivity index (χ4n) is 1.99. The number of rotatable bonds is 7. The molecule has 1 amide bonds. The third-order valence-corrected chi connectivity index (χ3v) is 3.47. The molecule has 0 aliphatic rings. The molecule has 2 aromatic carbocycles. The lowest BCUT2D eigenvalue weighted by atomic mass is 10.1. The number of carbonyl (C=O) groups is 2. The van der Waals surface area contributed by atoms with Crippen LogP contribution >= 0.6 is 11.6 Å². The first-order chi connectivity index (χ1) is 11.6.